The van der Waals surface area contributed by atoms with Crippen LogP contribution in [-0.2, 0) is 0 Å². The number of nitrogens with one attached hydrogen (secondary N) is 1. The predicted octanol–water partition coefficient (Wildman–Crippen LogP) is 3.58. The Kier molecular flexibility index (Phi) is 20.1. The Balaban J connectivity index is 0. The Morgan fingerprint density at radius 1 is 0.739 bits per heavy atom. The molecule has 0 aromatic rings. The number of hydrogen-bond acceptors (Lipinski definition) is 1. The summed E-state index contributed by atoms with van der Waals surface area (Å²) in [7, 11) is -0.559. The van der Waals surface area contributed by atoms with Gasteiger partial charge in [-0.3, -0.25) is 0 Å². The molecular formula is C20H45BrNP. The quantitative estimate of drug-likeness (QED) is 0.303. The van der Waals surface area contributed by atoms with Gasteiger partial charge in [-0.05, 0) is 59.9 Å². The van der Waals surface area contributed by atoms with Gasteiger partial charge in [0.25, 0.3) is 0 Å². The average Bonchev–Trinajstić information content (AvgIpc) is 2.55. The van der Waals surface area contributed by atoms with E-state index in [0.717, 1.165) is 0 Å². The van der Waals surface area contributed by atoms with Gasteiger partial charge in [-0.15, -0.1) is 0 Å². The maximum atomic E-state index is 3.72. The second kappa shape index (κ2) is 17.7. The van der Waals surface area contributed by atoms with Crippen molar-refractivity contribution in [2.24, 2.45) is 0 Å². The molecule has 0 saturated carbocycles. The molecule has 0 aliphatic carbocycles. The molecule has 0 aliphatic rings. The first kappa shape index (κ1) is 26.1. The van der Waals surface area contributed by atoms with Crippen LogP contribution in [0.2, 0.25) is 0 Å². The van der Waals surface area contributed by atoms with Gasteiger partial charge >= 0.3 is 0 Å². The van der Waals surface area contributed by atoms with Crippen molar-refractivity contribution in [3.63, 3.8) is 0 Å². The molecule has 1 atom stereocenters. The Morgan fingerprint density at radius 3 is 1.87 bits per heavy atom. The molecule has 1 N–H and O–H groups in total. The molecule has 142 valence electrons. The summed E-state index contributed by atoms with van der Waals surface area (Å²) in [6, 6.07) is 0.716. The number of hydrogen-bond donors (Lipinski definition) is 1. The van der Waals surface area contributed by atoms with Crippen LogP contribution in [0.25, 0.3) is 0 Å². The number of halogens is 1. The summed E-state index contributed by atoms with van der Waals surface area (Å²) < 4.78 is 0. The van der Waals surface area contributed by atoms with Crippen LogP contribution in [-0.4, -0.2) is 37.2 Å². The highest BCUT2D eigenvalue weighted by Crippen LogP contribution is 2.58. The molecule has 1 nitrogen and oxygen atoms in total. The fourth-order valence-electron chi connectivity index (χ4n) is 3.40. The molecule has 0 amide bonds. The summed E-state index contributed by atoms with van der Waals surface area (Å²) in [6.07, 6.45) is 18.6. The summed E-state index contributed by atoms with van der Waals surface area (Å²) in [4.78, 5) is 0. The van der Waals surface area contributed by atoms with Crippen molar-refractivity contribution < 1.29 is 17.0 Å². The van der Waals surface area contributed by atoms with Gasteiger partial charge in [-0.2, -0.15) is 0 Å². The SMILES string of the molecule is CCCCCCCCNC(C)CCCC[P+](CC)(CC)CC.[Br-]. The lowest BCUT2D eigenvalue weighted by Gasteiger charge is -2.23. The van der Waals surface area contributed by atoms with Gasteiger partial charge in [0.2, 0.25) is 0 Å². The van der Waals surface area contributed by atoms with Crippen LogP contribution in [0.4, 0.5) is 0 Å². The van der Waals surface area contributed by atoms with E-state index in [1.807, 2.05) is 0 Å². The van der Waals surface area contributed by atoms with Crippen LogP contribution in [0.5, 0.6) is 0 Å². The van der Waals surface area contributed by atoms with Crippen LogP contribution >= 0.6 is 7.26 Å². The minimum Gasteiger partial charge on any atom is -1.00 e. The first-order valence-electron chi connectivity index (χ1n) is 10.2. The van der Waals surface area contributed by atoms with Crippen molar-refractivity contribution >= 4 is 7.26 Å². The van der Waals surface area contributed by atoms with Crippen molar-refractivity contribution in [1.29, 1.82) is 0 Å². The van der Waals surface area contributed by atoms with Crippen molar-refractivity contribution in [3.05, 3.63) is 0 Å². The van der Waals surface area contributed by atoms with E-state index in [9.17, 15) is 0 Å². The molecule has 3 heteroatoms. The van der Waals surface area contributed by atoms with Gasteiger partial charge < -0.3 is 22.3 Å². The van der Waals surface area contributed by atoms with Gasteiger partial charge in [0.15, 0.2) is 0 Å². The van der Waals surface area contributed by atoms with Crippen molar-refractivity contribution in [3.8, 4) is 0 Å². The first-order chi connectivity index (χ1) is 10.6. The van der Waals surface area contributed by atoms with Crippen LogP contribution in [0.3, 0.4) is 0 Å². The summed E-state index contributed by atoms with van der Waals surface area (Å²) in [5.41, 5.74) is 0. The topological polar surface area (TPSA) is 12.0 Å². The van der Waals surface area contributed by atoms with Crippen LogP contribution in [0, 0.1) is 0 Å². The maximum absolute atomic E-state index is 3.72. The van der Waals surface area contributed by atoms with Gasteiger partial charge in [0.05, 0.1) is 24.6 Å². The van der Waals surface area contributed by atoms with Crippen molar-refractivity contribution in [2.75, 3.05) is 31.2 Å². The Labute approximate surface area is 159 Å². The van der Waals surface area contributed by atoms with E-state index in [1.54, 1.807) is 6.16 Å². The molecule has 0 heterocycles. The summed E-state index contributed by atoms with van der Waals surface area (Å²) >= 11 is 0. The van der Waals surface area contributed by atoms with Crippen LogP contribution in [0.1, 0.15) is 92.4 Å². The number of unbranched alkanes of at least 4 members (excludes halogenated alkanes) is 6. The fourth-order valence-corrected chi connectivity index (χ4v) is 6.58. The standard InChI is InChI=1S/C20H45NP.BrH/c1-6-10-11-12-13-15-18-21-20(5)17-14-16-19-22(7-2,8-3)9-4;/h20-21H,6-19H2,1-5H3;1H/q+1;/p-1. The zero-order valence-corrected chi connectivity index (χ0v) is 19.3. The van der Waals surface area contributed by atoms with E-state index in [-0.39, 0.29) is 17.0 Å². The molecular weight excluding hydrogens is 365 g/mol. The van der Waals surface area contributed by atoms with E-state index in [0.29, 0.717) is 6.04 Å². The molecule has 0 saturated heterocycles. The monoisotopic (exact) mass is 409 g/mol. The predicted molar refractivity (Wildman–Crippen MR) is 108 cm³/mol. The van der Waals surface area contributed by atoms with Gasteiger partial charge in [-0.1, -0.05) is 39.0 Å². The summed E-state index contributed by atoms with van der Waals surface area (Å²) in [5, 5.41) is 3.72. The third kappa shape index (κ3) is 13.8. The Hall–Kier alpha value is 0.870. The minimum atomic E-state index is -0.559. The third-order valence-corrected chi connectivity index (χ3v) is 10.8. The smallest absolute Gasteiger partial charge is 0.0594 e. The lowest BCUT2D eigenvalue weighted by Crippen LogP contribution is -3.00. The zero-order valence-electron chi connectivity index (χ0n) is 16.8. The van der Waals surface area contributed by atoms with Crippen molar-refractivity contribution in [2.45, 2.75) is 98.4 Å². The molecule has 23 heavy (non-hydrogen) atoms. The van der Waals surface area contributed by atoms with E-state index >= 15 is 0 Å². The first-order valence-corrected chi connectivity index (χ1v) is 12.8. The van der Waals surface area contributed by atoms with Gasteiger partial charge in [0, 0.05) is 13.3 Å². The highest BCUT2D eigenvalue weighted by molar-refractivity contribution is 7.75. The summed E-state index contributed by atoms with van der Waals surface area (Å²) in [5.74, 6) is 0. The van der Waals surface area contributed by atoms with E-state index in [4.69, 9.17) is 0 Å². The lowest BCUT2D eigenvalue weighted by molar-refractivity contribution is -0.00000524. The highest BCUT2D eigenvalue weighted by Gasteiger charge is 2.29. The molecule has 0 aliphatic heterocycles. The molecule has 0 radical (unpaired) electrons. The summed E-state index contributed by atoms with van der Waals surface area (Å²) in [6.45, 7) is 13.2. The maximum Gasteiger partial charge on any atom is 0.0594 e. The highest BCUT2D eigenvalue weighted by atomic mass is 79.9. The average molecular weight is 410 g/mol. The van der Waals surface area contributed by atoms with Crippen LogP contribution < -0.4 is 22.3 Å². The second-order valence-electron chi connectivity index (χ2n) is 7.13. The van der Waals surface area contributed by atoms with Crippen LogP contribution in [0.15, 0.2) is 0 Å². The van der Waals surface area contributed by atoms with E-state index in [2.05, 4.69) is 39.9 Å². The second-order valence-corrected chi connectivity index (χ2v) is 12.2. The van der Waals surface area contributed by atoms with Crippen molar-refractivity contribution in [1.82, 2.24) is 5.32 Å². The number of rotatable bonds is 16. The van der Waals surface area contributed by atoms with Gasteiger partial charge in [-0.25, -0.2) is 0 Å². The molecule has 0 spiro atoms. The van der Waals surface area contributed by atoms with E-state index < -0.39 is 7.26 Å². The van der Waals surface area contributed by atoms with E-state index in [1.165, 1.54) is 82.8 Å². The normalized spacial score (nSPS) is 12.9. The molecule has 0 fully saturated rings. The lowest BCUT2D eigenvalue weighted by atomic mass is 10.1. The molecule has 0 aromatic heterocycles. The molecule has 0 bridgehead atoms. The Morgan fingerprint density at radius 2 is 1.30 bits per heavy atom. The van der Waals surface area contributed by atoms with Gasteiger partial charge in [0.1, 0.15) is 0 Å². The largest absolute Gasteiger partial charge is 1.00 e. The fraction of sp³-hybridized carbons (Fsp3) is 1.00. The molecule has 0 aromatic carbocycles. The Bertz CT molecular complexity index is 223. The molecule has 0 rings (SSSR count). The minimum absolute atomic E-state index is 0. The third-order valence-electron chi connectivity index (χ3n) is 5.56. The zero-order chi connectivity index (χ0) is 16.7. The molecule has 1 unspecified atom stereocenters.